The van der Waals surface area contributed by atoms with Crippen LogP contribution in [0.3, 0.4) is 0 Å². The van der Waals surface area contributed by atoms with Crippen LogP contribution in [-0.2, 0) is 5.41 Å². The van der Waals surface area contributed by atoms with Crippen molar-refractivity contribution >= 4 is 27.6 Å². The van der Waals surface area contributed by atoms with Crippen molar-refractivity contribution in [2.24, 2.45) is 0 Å². The molecule has 2 N–H and O–H groups in total. The highest BCUT2D eigenvalue weighted by Gasteiger charge is 2.21. The maximum Gasteiger partial charge on any atom is 0.319 e. The Hall–Kier alpha value is -1.88. The van der Waals surface area contributed by atoms with Gasteiger partial charge in [0, 0.05) is 22.1 Å². The molecule has 0 aliphatic rings. The molecule has 0 unspecified atom stereocenters. The summed E-state index contributed by atoms with van der Waals surface area (Å²) in [7, 11) is 0. The number of hydrogen-bond acceptors (Lipinski definition) is 1. The van der Waals surface area contributed by atoms with E-state index in [9.17, 15) is 9.18 Å². The Kier molecular flexibility index (Phi) is 5.42. The van der Waals surface area contributed by atoms with Crippen LogP contribution >= 0.6 is 15.9 Å². The Bertz CT molecular complexity index is 699. The van der Waals surface area contributed by atoms with E-state index < -0.39 is 0 Å². The molecule has 2 aromatic carbocycles. The van der Waals surface area contributed by atoms with Crippen LogP contribution < -0.4 is 10.6 Å². The molecule has 2 aromatic rings. The van der Waals surface area contributed by atoms with E-state index in [1.54, 1.807) is 12.1 Å². The third-order valence-corrected chi connectivity index (χ3v) is 4.60. The van der Waals surface area contributed by atoms with Gasteiger partial charge in [0.25, 0.3) is 0 Å². The van der Waals surface area contributed by atoms with E-state index >= 15 is 0 Å². The monoisotopic (exact) mass is 378 g/mol. The lowest BCUT2D eigenvalue weighted by atomic mass is 9.84. The van der Waals surface area contributed by atoms with E-state index in [0.717, 1.165) is 21.3 Å². The van der Waals surface area contributed by atoms with Crippen LogP contribution in [-0.4, -0.2) is 12.6 Å². The molecule has 122 valence electrons. The minimum atomic E-state index is -0.293. The minimum Gasteiger partial charge on any atom is -0.337 e. The first-order valence-electron chi connectivity index (χ1n) is 7.35. The highest BCUT2D eigenvalue weighted by Crippen LogP contribution is 2.23. The molecule has 0 aliphatic heterocycles. The fraction of sp³-hybridized carbons (Fsp3) is 0.278. The molecule has 0 saturated carbocycles. The van der Waals surface area contributed by atoms with Gasteiger partial charge in [-0.25, -0.2) is 9.18 Å². The first kappa shape index (κ1) is 17.5. The van der Waals surface area contributed by atoms with E-state index in [1.807, 2.05) is 39.0 Å². The molecular weight excluding hydrogens is 359 g/mol. The lowest BCUT2D eigenvalue weighted by Crippen LogP contribution is -2.39. The van der Waals surface area contributed by atoms with Crippen molar-refractivity contribution in [1.29, 1.82) is 0 Å². The van der Waals surface area contributed by atoms with Gasteiger partial charge in [0.15, 0.2) is 0 Å². The molecule has 0 radical (unpaired) electrons. The van der Waals surface area contributed by atoms with Crippen LogP contribution in [0.25, 0.3) is 0 Å². The number of halogens is 2. The molecule has 0 atom stereocenters. The minimum absolute atomic E-state index is 0.264. The van der Waals surface area contributed by atoms with Gasteiger partial charge in [0.1, 0.15) is 5.82 Å². The molecule has 2 amide bonds. The van der Waals surface area contributed by atoms with Crippen molar-refractivity contribution in [2.75, 3.05) is 11.9 Å². The molecule has 5 heteroatoms. The average Bonchev–Trinajstić information content (AvgIpc) is 2.50. The first-order chi connectivity index (χ1) is 10.8. The van der Waals surface area contributed by atoms with E-state index in [-0.39, 0.29) is 17.3 Å². The number of anilines is 1. The van der Waals surface area contributed by atoms with Crippen LogP contribution in [0.5, 0.6) is 0 Å². The second-order valence-electron chi connectivity index (χ2n) is 6.16. The Morgan fingerprint density at radius 2 is 1.83 bits per heavy atom. The van der Waals surface area contributed by atoms with Gasteiger partial charge in [-0.2, -0.15) is 0 Å². The van der Waals surface area contributed by atoms with Gasteiger partial charge >= 0.3 is 6.03 Å². The SMILES string of the molecule is Cc1ccc(NC(=O)NCC(C)(C)c2ccc(F)cc2)cc1Br. The predicted molar refractivity (Wildman–Crippen MR) is 95.3 cm³/mol. The maximum atomic E-state index is 13.0. The number of carbonyl (C=O) groups is 1. The fourth-order valence-electron chi connectivity index (χ4n) is 2.15. The van der Waals surface area contributed by atoms with Crippen LogP contribution in [0.2, 0.25) is 0 Å². The number of rotatable bonds is 4. The molecule has 0 aromatic heterocycles. The summed E-state index contributed by atoms with van der Waals surface area (Å²) in [5, 5.41) is 5.66. The van der Waals surface area contributed by atoms with Gasteiger partial charge in [-0.05, 0) is 42.3 Å². The topological polar surface area (TPSA) is 41.1 Å². The van der Waals surface area contributed by atoms with Crippen LogP contribution in [0.4, 0.5) is 14.9 Å². The Morgan fingerprint density at radius 1 is 1.17 bits per heavy atom. The third-order valence-electron chi connectivity index (χ3n) is 3.75. The van der Waals surface area contributed by atoms with E-state index in [0.29, 0.717) is 6.54 Å². The Balaban J connectivity index is 1.95. The van der Waals surface area contributed by atoms with Crippen LogP contribution in [0, 0.1) is 12.7 Å². The summed E-state index contributed by atoms with van der Waals surface area (Å²) in [5.74, 6) is -0.264. The van der Waals surface area contributed by atoms with Crippen molar-refractivity contribution in [1.82, 2.24) is 5.32 Å². The molecule has 0 aliphatic carbocycles. The van der Waals surface area contributed by atoms with Crippen molar-refractivity contribution in [3.63, 3.8) is 0 Å². The van der Waals surface area contributed by atoms with Gasteiger partial charge in [-0.1, -0.05) is 48.0 Å². The van der Waals surface area contributed by atoms with E-state index in [4.69, 9.17) is 0 Å². The van der Waals surface area contributed by atoms with Gasteiger partial charge in [0.05, 0.1) is 0 Å². The third kappa shape index (κ3) is 4.79. The predicted octanol–water partition coefficient (Wildman–Crippen LogP) is 5.00. The summed E-state index contributed by atoms with van der Waals surface area (Å²) >= 11 is 3.44. The number of amides is 2. The van der Waals surface area contributed by atoms with Crippen LogP contribution in [0.15, 0.2) is 46.9 Å². The number of aryl methyl sites for hydroxylation is 1. The molecule has 2 rings (SSSR count). The number of urea groups is 1. The van der Waals surface area contributed by atoms with Crippen molar-refractivity contribution in [3.8, 4) is 0 Å². The standard InChI is InChI=1S/C18H20BrFN2O/c1-12-4-9-15(10-16(12)19)22-17(23)21-11-18(2,3)13-5-7-14(20)8-6-13/h4-10H,11H2,1-3H3,(H2,21,22,23). The molecule has 23 heavy (non-hydrogen) atoms. The summed E-state index contributed by atoms with van der Waals surface area (Å²) in [6.07, 6.45) is 0. The number of benzene rings is 2. The van der Waals surface area contributed by atoms with Gasteiger partial charge < -0.3 is 10.6 Å². The van der Waals surface area contributed by atoms with E-state index in [1.165, 1.54) is 12.1 Å². The molecule has 3 nitrogen and oxygen atoms in total. The normalized spacial score (nSPS) is 11.2. The number of carbonyl (C=O) groups excluding carboxylic acids is 1. The van der Waals surface area contributed by atoms with Crippen molar-refractivity contribution in [2.45, 2.75) is 26.2 Å². The van der Waals surface area contributed by atoms with Gasteiger partial charge in [0.2, 0.25) is 0 Å². The molecular formula is C18H20BrFN2O. The summed E-state index contributed by atoms with van der Waals surface area (Å²) in [6.45, 7) is 6.43. The highest BCUT2D eigenvalue weighted by atomic mass is 79.9. The summed E-state index contributed by atoms with van der Waals surface area (Å²) in [5.41, 5.74) is 2.50. The zero-order valence-corrected chi connectivity index (χ0v) is 15.0. The highest BCUT2D eigenvalue weighted by molar-refractivity contribution is 9.10. The van der Waals surface area contributed by atoms with E-state index in [2.05, 4.69) is 26.6 Å². The lowest BCUT2D eigenvalue weighted by molar-refractivity contribution is 0.249. The molecule has 0 fully saturated rings. The van der Waals surface area contributed by atoms with Crippen LogP contribution in [0.1, 0.15) is 25.0 Å². The summed E-state index contributed by atoms with van der Waals surface area (Å²) in [4.78, 5) is 12.0. The second-order valence-corrected chi connectivity index (χ2v) is 7.02. The van der Waals surface area contributed by atoms with Gasteiger partial charge in [-0.15, -0.1) is 0 Å². The molecule has 0 heterocycles. The second kappa shape index (κ2) is 7.13. The van der Waals surface area contributed by atoms with Crippen molar-refractivity contribution < 1.29 is 9.18 Å². The maximum absolute atomic E-state index is 13.0. The summed E-state index contributed by atoms with van der Waals surface area (Å²) < 4.78 is 14.0. The smallest absolute Gasteiger partial charge is 0.319 e. The number of hydrogen-bond donors (Lipinski definition) is 2. The molecule has 0 spiro atoms. The molecule has 0 bridgehead atoms. The summed E-state index contributed by atoms with van der Waals surface area (Å²) in [6, 6.07) is 11.7. The Morgan fingerprint density at radius 3 is 2.43 bits per heavy atom. The molecule has 0 saturated heterocycles. The lowest BCUT2D eigenvalue weighted by Gasteiger charge is -2.25. The average molecular weight is 379 g/mol. The fourth-order valence-corrected chi connectivity index (χ4v) is 2.53. The zero-order chi connectivity index (χ0) is 17.0. The van der Waals surface area contributed by atoms with Crippen molar-refractivity contribution in [3.05, 3.63) is 63.9 Å². The zero-order valence-electron chi connectivity index (χ0n) is 13.4. The first-order valence-corrected chi connectivity index (χ1v) is 8.14. The quantitative estimate of drug-likeness (QED) is 0.772. The number of nitrogens with one attached hydrogen (secondary N) is 2. The van der Waals surface area contributed by atoms with Gasteiger partial charge in [-0.3, -0.25) is 0 Å². The Labute approximate surface area is 144 Å². The largest absolute Gasteiger partial charge is 0.337 e.